The van der Waals surface area contributed by atoms with Crippen LogP contribution >= 0.6 is 0 Å². The minimum atomic E-state index is -0.394. The molecule has 9 nitrogen and oxygen atoms in total. The van der Waals surface area contributed by atoms with Gasteiger partial charge in [-0.2, -0.15) is 9.97 Å². The van der Waals surface area contributed by atoms with Crippen LogP contribution in [0, 0.1) is 19.7 Å². The number of hydrogen-bond acceptors (Lipinski definition) is 8. The summed E-state index contributed by atoms with van der Waals surface area (Å²) in [7, 11) is 2.09. The van der Waals surface area contributed by atoms with E-state index in [0.717, 1.165) is 37.3 Å². The van der Waals surface area contributed by atoms with Gasteiger partial charge >= 0.3 is 6.01 Å². The van der Waals surface area contributed by atoms with Gasteiger partial charge in [0.25, 0.3) is 6.01 Å². The molecule has 4 heterocycles. The van der Waals surface area contributed by atoms with Crippen LogP contribution in [0.3, 0.4) is 0 Å². The Hall–Kier alpha value is -3.66. The predicted octanol–water partition coefficient (Wildman–Crippen LogP) is 3.99. The number of nitrogens with zero attached hydrogens (tertiary/aromatic N) is 5. The Balaban J connectivity index is 1.48. The van der Waals surface area contributed by atoms with Gasteiger partial charge in [0.05, 0.1) is 11.7 Å². The molecule has 0 aliphatic carbocycles. The molecule has 1 saturated heterocycles. The van der Waals surface area contributed by atoms with Crippen LogP contribution in [0.5, 0.6) is 11.8 Å². The molecule has 0 amide bonds. The van der Waals surface area contributed by atoms with Crippen LogP contribution in [0.25, 0.3) is 10.9 Å². The van der Waals surface area contributed by atoms with Gasteiger partial charge in [0, 0.05) is 49.4 Å². The first kappa shape index (κ1) is 20.3. The molecule has 0 bridgehead atoms. The number of halogens is 1. The molecule has 1 aromatic carbocycles. The topological polar surface area (TPSA) is 95.3 Å². The number of benzene rings is 1. The third kappa shape index (κ3) is 4.22. The summed E-state index contributed by atoms with van der Waals surface area (Å²) < 4.78 is 26.0. The summed E-state index contributed by atoms with van der Waals surface area (Å²) in [6.45, 7) is 7.20. The van der Waals surface area contributed by atoms with E-state index >= 15 is 0 Å². The number of likely N-dealkylation sites (N-methyl/N-ethyl adjacent to an activating group) is 1. The van der Waals surface area contributed by atoms with E-state index < -0.39 is 5.82 Å². The first-order chi connectivity index (χ1) is 15.4. The molecule has 4 aromatic rings. The largest absolute Gasteiger partial charge is 0.429 e. The van der Waals surface area contributed by atoms with Crippen molar-refractivity contribution in [2.45, 2.75) is 13.8 Å². The third-order valence-corrected chi connectivity index (χ3v) is 5.37. The number of fused-ring (bicyclic) bond motifs is 1. The second-order valence-electron chi connectivity index (χ2n) is 8.01. The molecule has 1 fully saturated rings. The van der Waals surface area contributed by atoms with Gasteiger partial charge in [-0.15, -0.1) is 0 Å². The zero-order chi connectivity index (χ0) is 22.2. The summed E-state index contributed by atoms with van der Waals surface area (Å²) in [5, 5.41) is 3.78. The van der Waals surface area contributed by atoms with Crippen molar-refractivity contribution in [1.29, 1.82) is 0 Å². The minimum absolute atomic E-state index is 0.109. The van der Waals surface area contributed by atoms with Crippen molar-refractivity contribution in [3.63, 3.8) is 0 Å². The van der Waals surface area contributed by atoms with Crippen molar-refractivity contribution in [1.82, 2.24) is 24.8 Å². The smallest absolute Gasteiger partial charge is 0.325 e. The molecule has 1 aliphatic rings. The second-order valence-corrected chi connectivity index (χ2v) is 8.01. The van der Waals surface area contributed by atoms with E-state index in [4.69, 9.17) is 9.15 Å². The molecule has 5 rings (SSSR count). The maximum absolute atomic E-state index is 14.5. The standard InChI is InChI=1S/C22H24FN7O2/c1-13-8-15-9-16(10-17(23)20(15)25-13)32-22-27-18(26-21-24-12-14(2)31-21)11-19(28-22)30-6-4-29(3)5-7-30/h8-12,25H,4-7H2,1-3H3,(H,24,26,27,28). The van der Waals surface area contributed by atoms with E-state index in [-0.39, 0.29) is 6.01 Å². The summed E-state index contributed by atoms with van der Waals surface area (Å²) in [4.78, 5) is 20.7. The SMILES string of the molecule is Cc1cc2cc(Oc3nc(Nc4ncc(C)o4)cc(N4CCN(C)CC4)n3)cc(F)c2[nH]1. The summed E-state index contributed by atoms with van der Waals surface area (Å²) >= 11 is 0. The summed E-state index contributed by atoms with van der Waals surface area (Å²) in [5.74, 6) is 1.80. The number of rotatable bonds is 5. The molecular weight excluding hydrogens is 413 g/mol. The lowest BCUT2D eigenvalue weighted by Gasteiger charge is -2.33. The van der Waals surface area contributed by atoms with Gasteiger partial charge < -0.3 is 23.9 Å². The van der Waals surface area contributed by atoms with E-state index in [0.29, 0.717) is 34.7 Å². The molecule has 0 unspecified atom stereocenters. The first-order valence-corrected chi connectivity index (χ1v) is 10.4. The average molecular weight is 437 g/mol. The van der Waals surface area contributed by atoms with Crippen molar-refractivity contribution in [3.05, 3.63) is 47.7 Å². The van der Waals surface area contributed by atoms with Gasteiger partial charge in [0.15, 0.2) is 5.82 Å². The number of aromatic amines is 1. The van der Waals surface area contributed by atoms with Crippen LogP contribution in [0.4, 0.5) is 22.0 Å². The van der Waals surface area contributed by atoms with Crippen molar-refractivity contribution >= 4 is 28.6 Å². The van der Waals surface area contributed by atoms with Crippen molar-refractivity contribution < 1.29 is 13.5 Å². The van der Waals surface area contributed by atoms with Crippen molar-refractivity contribution in [2.24, 2.45) is 0 Å². The zero-order valence-corrected chi connectivity index (χ0v) is 18.1. The van der Waals surface area contributed by atoms with Crippen LogP contribution < -0.4 is 15.0 Å². The fourth-order valence-electron chi connectivity index (χ4n) is 3.72. The molecule has 32 heavy (non-hydrogen) atoms. The van der Waals surface area contributed by atoms with E-state index in [2.05, 4.69) is 42.1 Å². The third-order valence-electron chi connectivity index (χ3n) is 5.37. The van der Waals surface area contributed by atoms with Gasteiger partial charge in [-0.1, -0.05) is 0 Å². The zero-order valence-electron chi connectivity index (χ0n) is 18.1. The number of piperazine rings is 1. The van der Waals surface area contributed by atoms with E-state index in [1.165, 1.54) is 6.07 Å². The van der Waals surface area contributed by atoms with Crippen LogP contribution in [0.1, 0.15) is 11.5 Å². The van der Waals surface area contributed by atoms with Gasteiger partial charge in [0.2, 0.25) is 0 Å². The Morgan fingerprint density at radius 3 is 2.66 bits per heavy atom. The Morgan fingerprint density at radius 1 is 1.09 bits per heavy atom. The van der Waals surface area contributed by atoms with Gasteiger partial charge in [-0.05, 0) is 33.0 Å². The molecule has 0 radical (unpaired) electrons. The predicted molar refractivity (Wildman–Crippen MR) is 119 cm³/mol. The number of anilines is 3. The molecule has 3 aromatic heterocycles. The fraction of sp³-hybridized carbons (Fsp3) is 0.318. The van der Waals surface area contributed by atoms with E-state index in [9.17, 15) is 4.39 Å². The molecule has 2 N–H and O–H groups in total. The highest BCUT2D eigenvalue weighted by molar-refractivity contribution is 5.82. The van der Waals surface area contributed by atoms with Crippen molar-refractivity contribution in [2.75, 3.05) is 43.4 Å². The van der Waals surface area contributed by atoms with Crippen LogP contribution in [-0.2, 0) is 0 Å². The molecule has 1 aliphatic heterocycles. The number of ether oxygens (including phenoxy) is 1. The lowest BCUT2D eigenvalue weighted by Crippen LogP contribution is -2.44. The maximum atomic E-state index is 14.5. The monoisotopic (exact) mass is 437 g/mol. The van der Waals surface area contributed by atoms with E-state index in [1.807, 2.05) is 26.0 Å². The quantitative estimate of drug-likeness (QED) is 0.484. The molecule has 10 heteroatoms. The first-order valence-electron chi connectivity index (χ1n) is 10.4. The Labute approximate surface area is 184 Å². The molecule has 0 saturated carbocycles. The number of aryl methyl sites for hydroxylation is 2. The maximum Gasteiger partial charge on any atom is 0.325 e. The molecule has 0 atom stereocenters. The van der Waals surface area contributed by atoms with Crippen molar-refractivity contribution in [3.8, 4) is 11.8 Å². The number of hydrogen-bond donors (Lipinski definition) is 2. The average Bonchev–Trinajstić information content (AvgIpc) is 3.33. The summed E-state index contributed by atoms with van der Waals surface area (Å²) in [6, 6.07) is 7.22. The number of oxazole rings is 1. The molecule has 166 valence electrons. The lowest BCUT2D eigenvalue weighted by atomic mass is 10.2. The molecular formula is C22H24FN7O2. The Morgan fingerprint density at radius 2 is 1.91 bits per heavy atom. The lowest BCUT2D eigenvalue weighted by molar-refractivity contribution is 0.311. The number of nitrogens with one attached hydrogen (secondary N) is 2. The highest BCUT2D eigenvalue weighted by atomic mass is 19.1. The highest BCUT2D eigenvalue weighted by Crippen LogP contribution is 2.30. The van der Waals surface area contributed by atoms with Gasteiger partial charge in [-0.3, -0.25) is 5.32 Å². The summed E-state index contributed by atoms with van der Waals surface area (Å²) in [5.41, 5.74) is 1.32. The highest BCUT2D eigenvalue weighted by Gasteiger charge is 2.19. The van der Waals surface area contributed by atoms with Crippen LogP contribution in [0.15, 0.2) is 34.9 Å². The number of H-pyrrole nitrogens is 1. The fourth-order valence-corrected chi connectivity index (χ4v) is 3.72. The summed E-state index contributed by atoms with van der Waals surface area (Å²) in [6.07, 6.45) is 1.62. The normalized spacial score (nSPS) is 14.8. The van der Waals surface area contributed by atoms with Crippen LogP contribution in [0.2, 0.25) is 0 Å². The van der Waals surface area contributed by atoms with Gasteiger partial charge in [0.1, 0.15) is 23.1 Å². The Kier molecular flexibility index (Phi) is 5.14. The van der Waals surface area contributed by atoms with Gasteiger partial charge in [-0.25, -0.2) is 9.37 Å². The number of aromatic nitrogens is 4. The molecule has 0 spiro atoms. The van der Waals surface area contributed by atoms with E-state index in [1.54, 1.807) is 12.3 Å². The second kappa shape index (κ2) is 8.12. The minimum Gasteiger partial charge on any atom is -0.429 e. The Bertz CT molecular complexity index is 1260. The van der Waals surface area contributed by atoms with Crippen LogP contribution in [-0.4, -0.2) is 58.1 Å².